The third-order valence-electron chi connectivity index (χ3n) is 6.36. The van der Waals surface area contributed by atoms with Crippen LogP contribution in [0, 0.1) is 11.3 Å². The lowest BCUT2D eigenvalue weighted by atomic mass is 10.1. The Morgan fingerprint density at radius 1 is 1.25 bits per heavy atom. The number of piperidine rings is 1. The lowest BCUT2D eigenvalue weighted by Gasteiger charge is -2.33. The van der Waals surface area contributed by atoms with Crippen molar-refractivity contribution in [1.29, 1.82) is 5.26 Å². The number of pyridine rings is 1. The van der Waals surface area contributed by atoms with Gasteiger partial charge in [-0.1, -0.05) is 18.2 Å². The standard InChI is InChI=1S/C26H25N7O3/c1-36-19-8-4-6-17(12-19)21(34)15-32-16-30-23-20(13-27)25(31-11-5-7-18(28)14-31)33(24(23)26(32)35)22-9-2-3-10-29-22/h2-4,6,8-10,12,16,18H,5,7,11,14-15,28H2,1H3/t18-/m0/s1. The molecule has 1 aromatic carbocycles. The molecule has 0 radical (unpaired) electrons. The van der Waals surface area contributed by atoms with E-state index in [-0.39, 0.29) is 35.0 Å². The van der Waals surface area contributed by atoms with Crippen molar-refractivity contribution in [2.75, 3.05) is 25.1 Å². The molecule has 0 saturated carbocycles. The molecule has 1 aliphatic heterocycles. The summed E-state index contributed by atoms with van der Waals surface area (Å²) in [5.74, 6) is 1.31. The topological polar surface area (TPSA) is 132 Å². The van der Waals surface area contributed by atoms with Crippen LogP contribution in [0.25, 0.3) is 16.9 Å². The summed E-state index contributed by atoms with van der Waals surface area (Å²) in [7, 11) is 1.53. The molecule has 1 atom stereocenters. The number of rotatable bonds is 6. The molecule has 36 heavy (non-hydrogen) atoms. The number of hydrogen-bond acceptors (Lipinski definition) is 8. The van der Waals surface area contributed by atoms with E-state index >= 15 is 0 Å². The molecule has 1 fully saturated rings. The van der Waals surface area contributed by atoms with Crippen LogP contribution in [0.2, 0.25) is 0 Å². The molecule has 0 amide bonds. The minimum absolute atomic E-state index is 0.0504. The highest BCUT2D eigenvalue weighted by Gasteiger charge is 2.29. The quantitative estimate of drug-likeness (QED) is 0.413. The van der Waals surface area contributed by atoms with Gasteiger partial charge in [0, 0.05) is 30.9 Å². The molecule has 4 heterocycles. The summed E-state index contributed by atoms with van der Waals surface area (Å²) in [5, 5.41) is 10.1. The number of anilines is 1. The molecule has 182 valence electrons. The second kappa shape index (κ2) is 9.64. The third-order valence-corrected chi connectivity index (χ3v) is 6.36. The highest BCUT2D eigenvalue weighted by molar-refractivity contribution is 5.96. The molecule has 2 N–H and O–H groups in total. The van der Waals surface area contributed by atoms with Crippen LogP contribution >= 0.6 is 0 Å². The molecule has 3 aromatic heterocycles. The van der Waals surface area contributed by atoms with Gasteiger partial charge in [-0.2, -0.15) is 5.26 Å². The Morgan fingerprint density at radius 3 is 2.83 bits per heavy atom. The molecule has 0 aliphatic carbocycles. The zero-order chi connectivity index (χ0) is 25.2. The van der Waals surface area contributed by atoms with Gasteiger partial charge in [0.25, 0.3) is 5.56 Å². The predicted octanol–water partition coefficient (Wildman–Crippen LogP) is 2.27. The zero-order valence-corrected chi connectivity index (χ0v) is 19.8. The third kappa shape index (κ3) is 4.10. The van der Waals surface area contributed by atoms with E-state index in [4.69, 9.17) is 10.5 Å². The van der Waals surface area contributed by atoms with Crippen LogP contribution in [0.4, 0.5) is 5.82 Å². The van der Waals surface area contributed by atoms with Crippen LogP contribution in [-0.2, 0) is 6.54 Å². The molecule has 0 unspecified atom stereocenters. The Bertz CT molecular complexity index is 1540. The van der Waals surface area contributed by atoms with Crippen molar-refractivity contribution >= 4 is 22.6 Å². The number of carbonyl (C=O) groups excluding carboxylic acids is 1. The number of nitriles is 1. The van der Waals surface area contributed by atoms with Gasteiger partial charge >= 0.3 is 0 Å². The van der Waals surface area contributed by atoms with Gasteiger partial charge in [0.05, 0.1) is 20.0 Å². The molecular weight excluding hydrogens is 458 g/mol. The minimum atomic E-state index is -0.439. The number of aromatic nitrogens is 4. The van der Waals surface area contributed by atoms with Gasteiger partial charge in [-0.15, -0.1) is 0 Å². The summed E-state index contributed by atoms with van der Waals surface area (Å²) >= 11 is 0. The van der Waals surface area contributed by atoms with E-state index in [9.17, 15) is 14.9 Å². The van der Waals surface area contributed by atoms with Crippen molar-refractivity contribution < 1.29 is 9.53 Å². The molecule has 1 saturated heterocycles. The average molecular weight is 484 g/mol. The van der Waals surface area contributed by atoms with E-state index in [1.807, 2.05) is 11.0 Å². The molecule has 1 aliphatic rings. The number of methoxy groups -OCH3 is 1. The number of nitrogens with two attached hydrogens (primary N) is 1. The van der Waals surface area contributed by atoms with Crippen molar-refractivity contribution in [2.24, 2.45) is 5.73 Å². The number of carbonyl (C=O) groups is 1. The van der Waals surface area contributed by atoms with Gasteiger partial charge < -0.3 is 15.4 Å². The highest BCUT2D eigenvalue weighted by atomic mass is 16.5. The highest BCUT2D eigenvalue weighted by Crippen LogP contribution is 2.33. The minimum Gasteiger partial charge on any atom is -0.497 e. The van der Waals surface area contributed by atoms with E-state index in [0.29, 0.717) is 36.0 Å². The first kappa shape index (κ1) is 23.3. The van der Waals surface area contributed by atoms with Crippen LogP contribution in [-0.4, -0.2) is 51.1 Å². The average Bonchev–Trinajstić information content (AvgIpc) is 3.25. The summed E-state index contributed by atoms with van der Waals surface area (Å²) in [4.78, 5) is 37.7. The van der Waals surface area contributed by atoms with Crippen molar-refractivity contribution in [3.63, 3.8) is 0 Å². The number of nitrogens with zero attached hydrogens (tertiary/aromatic N) is 6. The smallest absolute Gasteiger partial charge is 0.278 e. The normalized spacial score (nSPS) is 15.6. The first-order valence-electron chi connectivity index (χ1n) is 11.6. The Morgan fingerprint density at radius 2 is 2.11 bits per heavy atom. The van der Waals surface area contributed by atoms with Gasteiger partial charge in [0.1, 0.15) is 40.1 Å². The van der Waals surface area contributed by atoms with Gasteiger partial charge in [-0.05, 0) is 37.1 Å². The number of benzene rings is 1. The Balaban J connectivity index is 1.69. The van der Waals surface area contributed by atoms with Crippen molar-refractivity contribution in [1.82, 2.24) is 19.1 Å². The Labute approximate surface area is 207 Å². The number of fused-ring (bicyclic) bond motifs is 1. The van der Waals surface area contributed by atoms with Crippen LogP contribution in [0.15, 0.2) is 59.8 Å². The second-order valence-corrected chi connectivity index (χ2v) is 8.71. The molecule has 5 rings (SSSR count). The van der Waals surface area contributed by atoms with Crippen LogP contribution in [0.3, 0.4) is 0 Å². The largest absolute Gasteiger partial charge is 0.497 e. The van der Waals surface area contributed by atoms with E-state index in [1.165, 1.54) is 18.0 Å². The fourth-order valence-corrected chi connectivity index (χ4v) is 4.66. The van der Waals surface area contributed by atoms with Gasteiger partial charge in [0.2, 0.25) is 0 Å². The number of ketones is 1. The number of Topliss-reactive ketones (excluding diaryl/α,β-unsaturated/α-hetero) is 1. The lowest BCUT2D eigenvalue weighted by Crippen LogP contribution is -2.44. The van der Waals surface area contributed by atoms with Crippen LogP contribution in [0.5, 0.6) is 5.75 Å². The maximum absolute atomic E-state index is 13.8. The van der Waals surface area contributed by atoms with Gasteiger partial charge in [-0.25, -0.2) is 9.97 Å². The Hall–Kier alpha value is -4.49. The number of hydrogen-bond donors (Lipinski definition) is 1. The van der Waals surface area contributed by atoms with E-state index in [1.54, 1.807) is 47.2 Å². The molecule has 4 aromatic rings. The van der Waals surface area contributed by atoms with E-state index in [2.05, 4.69) is 16.0 Å². The maximum atomic E-state index is 13.8. The fourth-order valence-electron chi connectivity index (χ4n) is 4.66. The van der Waals surface area contributed by atoms with Gasteiger partial charge in [-0.3, -0.25) is 18.7 Å². The first-order valence-corrected chi connectivity index (χ1v) is 11.6. The van der Waals surface area contributed by atoms with E-state index in [0.717, 1.165) is 12.8 Å². The molecule has 10 nitrogen and oxygen atoms in total. The zero-order valence-electron chi connectivity index (χ0n) is 19.8. The lowest BCUT2D eigenvalue weighted by molar-refractivity contribution is 0.0970. The van der Waals surface area contributed by atoms with Crippen LogP contribution < -0.4 is 20.9 Å². The molecular formula is C26H25N7O3. The predicted molar refractivity (Wildman–Crippen MR) is 135 cm³/mol. The fraction of sp³-hybridized carbons (Fsp3) is 0.269. The summed E-state index contributed by atoms with van der Waals surface area (Å²) in [6, 6.07) is 14.3. The van der Waals surface area contributed by atoms with Crippen molar-refractivity contribution in [2.45, 2.75) is 25.4 Å². The molecule has 10 heteroatoms. The molecule has 0 bridgehead atoms. The SMILES string of the molecule is COc1cccc(C(=O)Cn2cnc3c(C#N)c(N4CCC[C@H](N)C4)n(-c4ccccn4)c3c2=O)c1. The van der Waals surface area contributed by atoms with Crippen LogP contribution in [0.1, 0.15) is 28.8 Å². The monoisotopic (exact) mass is 483 g/mol. The van der Waals surface area contributed by atoms with Gasteiger partial charge in [0.15, 0.2) is 5.78 Å². The first-order chi connectivity index (χ1) is 17.5. The Kier molecular flexibility index (Phi) is 6.23. The number of ether oxygens (including phenoxy) is 1. The van der Waals surface area contributed by atoms with E-state index < -0.39 is 5.56 Å². The molecule has 0 spiro atoms. The summed E-state index contributed by atoms with van der Waals surface area (Å²) in [6.45, 7) is 1.02. The summed E-state index contributed by atoms with van der Waals surface area (Å²) < 4.78 is 8.14. The summed E-state index contributed by atoms with van der Waals surface area (Å²) in [5.41, 5.74) is 6.97. The van der Waals surface area contributed by atoms with Crippen molar-refractivity contribution in [3.8, 4) is 17.6 Å². The summed E-state index contributed by atoms with van der Waals surface area (Å²) in [6.07, 6.45) is 4.69. The van der Waals surface area contributed by atoms with Crippen molar-refractivity contribution in [3.05, 3.63) is 76.5 Å². The second-order valence-electron chi connectivity index (χ2n) is 8.71. The maximum Gasteiger partial charge on any atom is 0.278 e.